The van der Waals surface area contributed by atoms with E-state index in [9.17, 15) is 14.4 Å². The Bertz CT molecular complexity index is 1070. The molecule has 8 heteroatoms. The Labute approximate surface area is 211 Å². The van der Waals surface area contributed by atoms with Gasteiger partial charge in [-0.2, -0.15) is 0 Å². The van der Waals surface area contributed by atoms with Crippen LogP contribution in [0.5, 0.6) is 0 Å². The summed E-state index contributed by atoms with van der Waals surface area (Å²) >= 11 is 0. The molecular formula is C28H34N2O6. The van der Waals surface area contributed by atoms with Crippen LogP contribution in [-0.4, -0.2) is 76.2 Å². The maximum absolute atomic E-state index is 14.2. The lowest BCUT2D eigenvalue weighted by atomic mass is 9.75. The lowest BCUT2D eigenvalue weighted by Crippen LogP contribution is -2.55. The van der Waals surface area contributed by atoms with Gasteiger partial charge in [-0.05, 0) is 31.4 Å². The van der Waals surface area contributed by atoms with Gasteiger partial charge >= 0.3 is 5.97 Å². The van der Waals surface area contributed by atoms with Crippen LogP contribution in [0.25, 0.3) is 0 Å². The monoisotopic (exact) mass is 494 g/mol. The third-order valence-electron chi connectivity index (χ3n) is 7.92. The van der Waals surface area contributed by atoms with Gasteiger partial charge in [0, 0.05) is 26.2 Å². The van der Waals surface area contributed by atoms with Crippen molar-refractivity contribution in [1.29, 1.82) is 0 Å². The van der Waals surface area contributed by atoms with Gasteiger partial charge < -0.3 is 24.4 Å². The number of likely N-dealkylation sites (tertiary alicyclic amines) is 1. The van der Waals surface area contributed by atoms with E-state index in [1.165, 1.54) is 0 Å². The third-order valence-corrected chi connectivity index (χ3v) is 7.92. The second kappa shape index (κ2) is 9.82. The Kier molecular flexibility index (Phi) is 6.74. The summed E-state index contributed by atoms with van der Waals surface area (Å²) in [6, 6.07) is 8.91. The van der Waals surface area contributed by atoms with Crippen LogP contribution in [0.15, 0.2) is 54.6 Å². The molecule has 5 rings (SSSR count). The van der Waals surface area contributed by atoms with Gasteiger partial charge in [-0.15, -0.1) is 0 Å². The molecule has 0 aliphatic carbocycles. The van der Waals surface area contributed by atoms with Crippen LogP contribution >= 0.6 is 0 Å². The van der Waals surface area contributed by atoms with Gasteiger partial charge in [0.2, 0.25) is 11.8 Å². The standard InChI is InChI=1S/C28H34N2O6/c1-27-13-10-18-35-26(34)22(27)21-24(32)30(16-7-2-3-8-17-31)23-25(33)29(15-9-14-28(21,23)36-27)19-20-11-5-4-6-12-20/h4-6,9-14,21-23,31H,2-3,7-8,15-19H2,1H3/t21-,22+,23?,27-,28-/m0/s1. The SMILES string of the molecule is C[C@]12C=CCOC(=O)[C@H]1[C@H]1C(=O)N(CCCCCCO)C3C(=O)N(Cc4ccccc4)CC=C[C@@]31O2. The number of nitrogens with zero attached hydrogens (tertiary/aromatic N) is 2. The largest absolute Gasteiger partial charge is 0.461 e. The molecule has 4 aliphatic rings. The van der Waals surface area contributed by atoms with Gasteiger partial charge in [-0.1, -0.05) is 61.4 Å². The van der Waals surface area contributed by atoms with Crippen molar-refractivity contribution in [3.8, 4) is 0 Å². The van der Waals surface area contributed by atoms with Crippen molar-refractivity contribution in [2.75, 3.05) is 26.3 Å². The van der Waals surface area contributed by atoms with E-state index in [-0.39, 0.29) is 25.0 Å². The summed E-state index contributed by atoms with van der Waals surface area (Å²) in [5.74, 6) is -2.54. The van der Waals surface area contributed by atoms with Crippen LogP contribution in [0.4, 0.5) is 0 Å². The number of fused-ring (bicyclic) bond motifs is 2. The number of hydrogen-bond donors (Lipinski definition) is 1. The molecule has 4 aliphatic heterocycles. The number of carbonyl (C=O) groups is 3. The number of cyclic esters (lactones) is 1. The van der Waals surface area contributed by atoms with E-state index < -0.39 is 35.0 Å². The minimum atomic E-state index is -1.25. The van der Waals surface area contributed by atoms with E-state index in [0.717, 1.165) is 18.4 Å². The summed E-state index contributed by atoms with van der Waals surface area (Å²) in [6.45, 7) is 3.29. The predicted molar refractivity (Wildman–Crippen MR) is 131 cm³/mol. The first-order chi connectivity index (χ1) is 17.4. The number of hydrogen-bond acceptors (Lipinski definition) is 6. The zero-order chi connectivity index (χ0) is 25.3. The molecule has 0 bridgehead atoms. The van der Waals surface area contributed by atoms with Crippen LogP contribution in [0.2, 0.25) is 0 Å². The third kappa shape index (κ3) is 4.06. The first-order valence-electron chi connectivity index (χ1n) is 12.9. The molecule has 36 heavy (non-hydrogen) atoms. The molecule has 1 N–H and O–H groups in total. The molecule has 8 nitrogen and oxygen atoms in total. The Morgan fingerprint density at radius 3 is 2.53 bits per heavy atom. The van der Waals surface area contributed by atoms with Gasteiger partial charge in [-0.25, -0.2) is 0 Å². The number of amides is 2. The van der Waals surface area contributed by atoms with E-state index in [1.807, 2.05) is 55.5 Å². The highest BCUT2D eigenvalue weighted by atomic mass is 16.6. The molecule has 2 amide bonds. The minimum absolute atomic E-state index is 0.137. The molecular weight excluding hydrogens is 460 g/mol. The molecule has 1 unspecified atom stereocenters. The minimum Gasteiger partial charge on any atom is -0.461 e. The Balaban J connectivity index is 1.51. The number of benzene rings is 1. The summed E-state index contributed by atoms with van der Waals surface area (Å²) in [5, 5.41) is 9.09. The molecule has 192 valence electrons. The van der Waals surface area contributed by atoms with E-state index in [0.29, 0.717) is 32.5 Å². The fraction of sp³-hybridized carbons (Fsp3) is 0.536. The molecule has 0 saturated carbocycles. The Hall–Kier alpha value is -2.97. The zero-order valence-electron chi connectivity index (χ0n) is 20.7. The van der Waals surface area contributed by atoms with Crippen LogP contribution in [-0.2, 0) is 30.4 Å². The number of aliphatic hydroxyl groups is 1. The molecule has 0 radical (unpaired) electrons. The molecule has 1 aromatic carbocycles. The molecule has 4 heterocycles. The Morgan fingerprint density at radius 2 is 1.75 bits per heavy atom. The van der Waals surface area contributed by atoms with E-state index >= 15 is 0 Å². The normalized spacial score (nSPS) is 33.2. The highest BCUT2D eigenvalue weighted by Crippen LogP contribution is 2.57. The molecule has 2 saturated heterocycles. The van der Waals surface area contributed by atoms with E-state index in [4.69, 9.17) is 14.6 Å². The number of rotatable bonds is 8. The van der Waals surface area contributed by atoms with Crippen molar-refractivity contribution in [3.05, 3.63) is 60.2 Å². The summed E-state index contributed by atoms with van der Waals surface area (Å²) in [5.41, 5.74) is -1.29. The van der Waals surface area contributed by atoms with Crippen LogP contribution in [0, 0.1) is 11.8 Å². The van der Waals surface area contributed by atoms with Crippen molar-refractivity contribution < 1.29 is 29.0 Å². The maximum Gasteiger partial charge on any atom is 0.313 e. The zero-order valence-corrected chi connectivity index (χ0v) is 20.7. The topological polar surface area (TPSA) is 96.4 Å². The van der Waals surface area contributed by atoms with Gasteiger partial charge in [0.25, 0.3) is 0 Å². The number of aliphatic hydroxyl groups excluding tert-OH is 1. The first-order valence-corrected chi connectivity index (χ1v) is 12.9. The average molecular weight is 495 g/mol. The fourth-order valence-electron chi connectivity index (χ4n) is 6.34. The summed E-state index contributed by atoms with van der Waals surface area (Å²) < 4.78 is 12.1. The van der Waals surface area contributed by atoms with Gasteiger partial charge in [-0.3, -0.25) is 14.4 Å². The van der Waals surface area contributed by atoms with Crippen LogP contribution < -0.4 is 0 Å². The smallest absolute Gasteiger partial charge is 0.313 e. The lowest BCUT2D eigenvalue weighted by molar-refractivity contribution is -0.158. The number of esters is 1. The van der Waals surface area contributed by atoms with Crippen molar-refractivity contribution in [2.45, 2.75) is 56.4 Å². The second-order valence-corrected chi connectivity index (χ2v) is 10.3. The molecule has 5 atom stereocenters. The second-order valence-electron chi connectivity index (χ2n) is 10.3. The molecule has 1 aromatic rings. The highest BCUT2D eigenvalue weighted by Gasteiger charge is 2.74. The van der Waals surface area contributed by atoms with Crippen LogP contribution in [0.3, 0.4) is 0 Å². The fourth-order valence-corrected chi connectivity index (χ4v) is 6.34. The lowest BCUT2D eigenvalue weighted by Gasteiger charge is -2.37. The van der Waals surface area contributed by atoms with Crippen molar-refractivity contribution in [2.24, 2.45) is 11.8 Å². The summed E-state index contributed by atoms with van der Waals surface area (Å²) in [7, 11) is 0. The summed E-state index contributed by atoms with van der Waals surface area (Å²) in [6.07, 6.45) is 10.4. The highest BCUT2D eigenvalue weighted by molar-refractivity contribution is 5.99. The van der Waals surface area contributed by atoms with E-state index in [2.05, 4.69) is 0 Å². The van der Waals surface area contributed by atoms with Crippen molar-refractivity contribution >= 4 is 17.8 Å². The number of ether oxygens (including phenoxy) is 2. The average Bonchev–Trinajstić information content (AvgIpc) is 3.12. The molecule has 2 fully saturated rings. The van der Waals surface area contributed by atoms with Crippen molar-refractivity contribution in [3.63, 3.8) is 0 Å². The number of unbranched alkanes of at least 4 members (excludes halogenated alkanes) is 3. The van der Waals surface area contributed by atoms with Gasteiger partial charge in [0.05, 0.1) is 11.5 Å². The predicted octanol–water partition coefficient (Wildman–Crippen LogP) is 2.22. The first kappa shape index (κ1) is 24.7. The molecule has 1 spiro atoms. The summed E-state index contributed by atoms with van der Waals surface area (Å²) in [4.78, 5) is 44.7. The molecule has 0 aromatic heterocycles. The van der Waals surface area contributed by atoms with Crippen LogP contribution in [0.1, 0.15) is 38.2 Å². The van der Waals surface area contributed by atoms with Crippen molar-refractivity contribution in [1.82, 2.24) is 9.80 Å². The van der Waals surface area contributed by atoms with Gasteiger partial charge in [0.15, 0.2) is 0 Å². The van der Waals surface area contributed by atoms with Gasteiger partial charge in [0.1, 0.15) is 24.2 Å². The number of carbonyl (C=O) groups excluding carboxylic acids is 3. The quantitative estimate of drug-likeness (QED) is 0.338. The maximum atomic E-state index is 14.2. The van der Waals surface area contributed by atoms with E-state index in [1.54, 1.807) is 15.9 Å². The Morgan fingerprint density at radius 1 is 0.972 bits per heavy atom.